The van der Waals surface area contributed by atoms with Crippen LogP contribution in [0.1, 0.15) is 29.7 Å². The van der Waals surface area contributed by atoms with Gasteiger partial charge in [0, 0.05) is 5.56 Å². The first-order valence-electron chi connectivity index (χ1n) is 7.76. The number of nitrogens with two attached hydrogens (primary N) is 1. The molecular formula is C18H22N2O4S. The zero-order valence-corrected chi connectivity index (χ0v) is 15.3. The lowest BCUT2D eigenvalue weighted by Crippen LogP contribution is -2.28. The molecule has 3 N–H and O–H groups in total. The second kappa shape index (κ2) is 7.67. The van der Waals surface area contributed by atoms with E-state index in [1.807, 2.05) is 32.0 Å². The van der Waals surface area contributed by atoms with E-state index in [1.165, 1.54) is 12.1 Å². The van der Waals surface area contributed by atoms with Crippen molar-refractivity contribution in [2.75, 3.05) is 7.11 Å². The topological polar surface area (TPSA) is 98.5 Å². The fourth-order valence-corrected chi connectivity index (χ4v) is 3.06. The summed E-state index contributed by atoms with van der Waals surface area (Å²) in [6, 6.07) is 11.6. The minimum atomic E-state index is -3.72. The first kappa shape index (κ1) is 19.0. The summed E-state index contributed by atoms with van der Waals surface area (Å²) in [5, 5.41) is 7.98. The van der Waals surface area contributed by atoms with Crippen LogP contribution in [0.4, 0.5) is 0 Å². The number of carbonyl (C=O) groups excluding carboxylic acids is 1. The number of aryl methyl sites for hydroxylation is 1. The standard InChI is InChI=1S/C18H22N2O4S/c1-12-4-9-17(24-3)15(10-12)11-18(21)20-13(2)14-5-7-16(8-6-14)25(19,22)23/h4-10,13H,11H2,1-3H3,(H,20,21)(H2,19,22,23). The summed E-state index contributed by atoms with van der Waals surface area (Å²) < 4.78 is 27.8. The molecule has 6 nitrogen and oxygen atoms in total. The quantitative estimate of drug-likeness (QED) is 0.822. The second-order valence-electron chi connectivity index (χ2n) is 5.90. The van der Waals surface area contributed by atoms with Gasteiger partial charge in [-0.1, -0.05) is 29.8 Å². The molecule has 0 heterocycles. The highest BCUT2D eigenvalue weighted by Crippen LogP contribution is 2.21. The van der Waals surface area contributed by atoms with E-state index < -0.39 is 10.0 Å². The molecule has 0 saturated carbocycles. The number of primary sulfonamides is 1. The highest BCUT2D eigenvalue weighted by molar-refractivity contribution is 7.89. The van der Waals surface area contributed by atoms with E-state index in [-0.39, 0.29) is 23.3 Å². The summed E-state index contributed by atoms with van der Waals surface area (Å²) in [7, 11) is -2.15. The van der Waals surface area contributed by atoms with Crippen molar-refractivity contribution in [3.63, 3.8) is 0 Å². The zero-order valence-electron chi connectivity index (χ0n) is 14.4. The molecule has 0 spiro atoms. The van der Waals surface area contributed by atoms with Crippen LogP contribution in [0.3, 0.4) is 0 Å². The van der Waals surface area contributed by atoms with E-state index in [2.05, 4.69) is 5.32 Å². The molecule has 134 valence electrons. The van der Waals surface area contributed by atoms with Crippen LogP contribution in [0, 0.1) is 6.92 Å². The van der Waals surface area contributed by atoms with Crippen molar-refractivity contribution in [2.24, 2.45) is 5.14 Å². The van der Waals surface area contributed by atoms with Crippen LogP contribution in [0.15, 0.2) is 47.4 Å². The van der Waals surface area contributed by atoms with Crippen molar-refractivity contribution in [1.29, 1.82) is 0 Å². The number of ether oxygens (including phenoxy) is 1. The number of nitrogens with one attached hydrogen (secondary N) is 1. The maximum atomic E-state index is 12.3. The van der Waals surface area contributed by atoms with Gasteiger partial charge < -0.3 is 10.1 Å². The summed E-state index contributed by atoms with van der Waals surface area (Å²) >= 11 is 0. The summed E-state index contributed by atoms with van der Waals surface area (Å²) in [5.41, 5.74) is 2.66. The van der Waals surface area contributed by atoms with Gasteiger partial charge in [-0.05, 0) is 37.6 Å². The number of hydrogen-bond acceptors (Lipinski definition) is 4. The molecule has 0 saturated heterocycles. The van der Waals surface area contributed by atoms with Gasteiger partial charge in [0.15, 0.2) is 0 Å². The molecule has 1 unspecified atom stereocenters. The van der Waals surface area contributed by atoms with Crippen molar-refractivity contribution >= 4 is 15.9 Å². The third kappa shape index (κ3) is 5.04. The molecule has 2 aromatic carbocycles. The van der Waals surface area contributed by atoms with Crippen molar-refractivity contribution in [2.45, 2.75) is 31.2 Å². The molecule has 1 amide bonds. The molecule has 2 rings (SSSR count). The minimum Gasteiger partial charge on any atom is -0.496 e. The molecule has 2 aromatic rings. The first-order valence-corrected chi connectivity index (χ1v) is 9.31. The van der Waals surface area contributed by atoms with Gasteiger partial charge in [-0.15, -0.1) is 0 Å². The second-order valence-corrected chi connectivity index (χ2v) is 7.46. The normalized spacial score (nSPS) is 12.5. The molecule has 0 bridgehead atoms. The number of carbonyl (C=O) groups is 1. The maximum absolute atomic E-state index is 12.3. The van der Waals surface area contributed by atoms with Gasteiger partial charge in [0.25, 0.3) is 0 Å². The van der Waals surface area contributed by atoms with E-state index in [1.54, 1.807) is 19.2 Å². The molecule has 0 fully saturated rings. The smallest absolute Gasteiger partial charge is 0.238 e. The molecule has 7 heteroatoms. The van der Waals surface area contributed by atoms with E-state index in [0.29, 0.717) is 5.75 Å². The summed E-state index contributed by atoms with van der Waals surface area (Å²) in [4.78, 5) is 12.4. The van der Waals surface area contributed by atoms with Gasteiger partial charge in [0.1, 0.15) is 5.75 Å². The van der Waals surface area contributed by atoms with Gasteiger partial charge in [-0.2, -0.15) is 0 Å². The van der Waals surface area contributed by atoms with Crippen molar-refractivity contribution in [1.82, 2.24) is 5.32 Å². The number of sulfonamides is 1. The largest absolute Gasteiger partial charge is 0.496 e. The highest BCUT2D eigenvalue weighted by Gasteiger charge is 2.14. The van der Waals surface area contributed by atoms with Crippen molar-refractivity contribution < 1.29 is 17.9 Å². The molecule has 0 aliphatic rings. The van der Waals surface area contributed by atoms with Crippen LogP contribution in [0.25, 0.3) is 0 Å². The number of methoxy groups -OCH3 is 1. The molecule has 0 aliphatic carbocycles. The monoisotopic (exact) mass is 362 g/mol. The van der Waals surface area contributed by atoms with E-state index in [4.69, 9.17) is 9.88 Å². The van der Waals surface area contributed by atoms with Gasteiger partial charge >= 0.3 is 0 Å². The molecule has 0 radical (unpaired) electrons. The van der Waals surface area contributed by atoms with Gasteiger partial charge in [0.2, 0.25) is 15.9 Å². The summed E-state index contributed by atoms with van der Waals surface area (Å²) in [5.74, 6) is 0.526. The van der Waals surface area contributed by atoms with E-state index in [0.717, 1.165) is 16.7 Å². The zero-order chi connectivity index (χ0) is 18.6. The van der Waals surface area contributed by atoms with Crippen molar-refractivity contribution in [3.8, 4) is 5.75 Å². The fraction of sp³-hybridized carbons (Fsp3) is 0.278. The Morgan fingerprint density at radius 3 is 2.40 bits per heavy atom. The Morgan fingerprint density at radius 1 is 1.20 bits per heavy atom. The Kier molecular flexibility index (Phi) is 5.81. The van der Waals surface area contributed by atoms with Crippen LogP contribution in [0.2, 0.25) is 0 Å². The predicted octanol–water partition coefficient (Wildman–Crippen LogP) is 2.07. The number of hydrogen-bond donors (Lipinski definition) is 2. The number of benzene rings is 2. The molecule has 25 heavy (non-hydrogen) atoms. The van der Waals surface area contributed by atoms with E-state index in [9.17, 15) is 13.2 Å². The van der Waals surface area contributed by atoms with Crippen LogP contribution in [-0.4, -0.2) is 21.4 Å². The third-order valence-electron chi connectivity index (χ3n) is 3.87. The van der Waals surface area contributed by atoms with Gasteiger partial charge in [0.05, 0.1) is 24.5 Å². The molecule has 0 aliphatic heterocycles. The fourth-order valence-electron chi connectivity index (χ4n) is 2.54. The van der Waals surface area contributed by atoms with E-state index >= 15 is 0 Å². The average Bonchev–Trinajstić information content (AvgIpc) is 2.54. The maximum Gasteiger partial charge on any atom is 0.238 e. The van der Waals surface area contributed by atoms with Gasteiger partial charge in [-0.25, -0.2) is 13.6 Å². The highest BCUT2D eigenvalue weighted by atomic mass is 32.2. The predicted molar refractivity (Wildman–Crippen MR) is 95.8 cm³/mol. The number of amides is 1. The Bertz CT molecular complexity index is 861. The number of rotatable bonds is 6. The third-order valence-corrected chi connectivity index (χ3v) is 4.80. The van der Waals surface area contributed by atoms with Gasteiger partial charge in [-0.3, -0.25) is 4.79 Å². The lowest BCUT2D eigenvalue weighted by molar-refractivity contribution is -0.121. The Hall–Kier alpha value is -2.38. The SMILES string of the molecule is COc1ccc(C)cc1CC(=O)NC(C)c1ccc(S(N)(=O)=O)cc1. The minimum absolute atomic E-state index is 0.0410. The Balaban J connectivity index is 2.06. The molecule has 1 atom stereocenters. The van der Waals surface area contributed by atoms with Crippen LogP contribution >= 0.6 is 0 Å². The van der Waals surface area contributed by atoms with Crippen LogP contribution in [0.5, 0.6) is 5.75 Å². The van der Waals surface area contributed by atoms with Crippen molar-refractivity contribution in [3.05, 3.63) is 59.2 Å². The summed E-state index contributed by atoms with van der Waals surface area (Å²) in [6.07, 6.45) is 0.199. The van der Waals surface area contributed by atoms with Crippen LogP contribution < -0.4 is 15.2 Å². The Morgan fingerprint density at radius 2 is 1.84 bits per heavy atom. The first-order chi connectivity index (χ1) is 11.7. The molecular weight excluding hydrogens is 340 g/mol. The average molecular weight is 362 g/mol. The summed E-state index contributed by atoms with van der Waals surface area (Å²) in [6.45, 7) is 3.79. The van der Waals surface area contributed by atoms with Crippen LogP contribution in [-0.2, 0) is 21.2 Å². The lowest BCUT2D eigenvalue weighted by atomic mass is 10.1. The molecule has 0 aromatic heterocycles. The lowest BCUT2D eigenvalue weighted by Gasteiger charge is -2.16. The Labute approximate surface area is 148 Å².